The lowest BCUT2D eigenvalue weighted by atomic mass is 10.2. The van der Waals surface area contributed by atoms with Crippen LogP contribution >= 0.6 is 0 Å². The van der Waals surface area contributed by atoms with E-state index in [1.807, 2.05) is 0 Å². The Labute approximate surface area is 168 Å². The number of fused-ring (bicyclic) bond motifs is 1. The van der Waals surface area contributed by atoms with Gasteiger partial charge >= 0.3 is 0 Å². The molecule has 0 unspecified atom stereocenters. The minimum atomic E-state index is -3.64. The van der Waals surface area contributed by atoms with Gasteiger partial charge < -0.3 is 14.4 Å². The number of amides is 1. The van der Waals surface area contributed by atoms with Crippen LogP contribution in [0.3, 0.4) is 0 Å². The Bertz CT molecular complexity index is 1040. The standard InChI is InChI=1S/C18H21N5O5S/c24-18(21-5-1-2-6-21)15-12-23(20-19-15)13-10-22(11-13)29(25,26)14-3-4-16-17(9-14)28-8-7-27-16/h3-4,9,12-13H,1-2,5-8,10-11H2. The van der Waals surface area contributed by atoms with E-state index in [1.165, 1.54) is 16.4 Å². The fourth-order valence-corrected chi connectivity index (χ4v) is 5.28. The van der Waals surface area contributed by atoms with Gasteiger partial charge in [0.25, 0.3) is 5.91 Å². The molecular weight excluding hydrogens is 398 g/mol. The number of hydrogen-bond donors (Lipinski definition) is 0. The van der Waals surface area contributed by atoms with Gasteiger partial charge in [-0.2, -0.15) is 4.31 Å². The fraction of sp³-hybridized carbons (Fsp3) is 0.500. The topological polar surface area (TPSA) is 107 Å². The lowest BCUT2D eigenvalue weighted by molar-refractivity contribution is 0.0786. The highest BCUT2D eigenvalue weighted by Crippen LogP contribution is 2.35. The summed E-state index contributed by atoms with van der Waals surface area (Å²) in [5, 5.41) is 8.02. The zero-order valence-electron chi connectivity index (χ0n) is 15.7. The highest BCUT2D eigenvalue weighted by Gasteiger charge is 2.39. The molecule has 3 aliphatic heterocycles. The molecule has 3 aliphatic rings. The third-order valence-corrected chi connectivity index (χ3v) is 7.30. The van der Waals surface area contributed by atoms with Gasteiger partial charge in [-0.15, -0.1) is 5.10 Å². The molecule has 0 saturated carbocycles. The van der Waals surface area contributed by atoms with Crippen LogP contribution in [0, 0.1) is 0 Å². The summed E-state index contributed by atoms with van der Waals surface area (Å²) in [5.74, 6) is 0.874. The number of benzene rings is 1. The molecule has 0 aliphatic carbocycles. The van der Waals surface area contributed by atoms with Gasteiger partial charge in [0, 0.05) is 32.2 Å². The molecule has 10 nitrogen and oxygen atoms in total. The van der Waals surface area contributed by atoms with E-state index in [9.17, 15) is 13.2 Å². The second-order valence-electron chi connectivity index (χ2n) is 7.36. The Hall–Kier alpha value is -2.66. The van der Waals surface area contributed by atoms with Crippen molar-refractivity contribution in [3.63, 3.8) is 0 Å². The van der Waals surface area contributed by atoms with E-state index in [0.717, 1.165) is 25.9 Å². The van der Waals surface area contributed by atoms with Crippen molar-refractivity contribution >= 4 is 15.9 Å². The number of nitrogens with zero attached hydrogens (tertiary/aromatic N) is 5. The molecule has 0 atom stereocenters. The van der Waals surface area contributed by atoms with E-state index in [2.05, 4.69) is 10.3 Å². The summed E-state index contributed by atoms with van der Waals surface area (Å²) in [6.45, 7) is 2.89. The Balaban J connectivity index is 1.26. The summed E-state index contributed by atoms with van der Waals surface area (Å²) in [5.41, 5.74) is 0.306. The first-order chi connectivity index (χ1) is 14.0. The zero-order chi connectivity index (χ0) is 20.0. The van der Waals surface area contributed by atoms with Crippen LogP contribution in [-0.4, -0.2) is 77.9 Å². The molecule has 0 radical (unpaired) electrons. The van der Waals surface area contributed by atoms with Crippen LogP contribution in [0.5, 0.6) is 11.5 Å². The van der Waals surface area contributed by atoms with Gasteiger partial charge in [0.2, 0.25) is 10.0 Å². The molecule has 1 amide bonds. The van der Waals surface area contributed by atoms with Crippen LogP contribution in [0.25, 0.3) is 0 Å². The second kappa shape index (κ2) is 6.99. The van der Waals surface area contributed by atoms with Crippen LogP contribution in [0.2, 0.25) is 0 Å². The first-order valence-electron chi connectivity index (χ1n) is 9.63. The fourth-order valence-electron chi connectivity index (χ4n) is 3.75. The molecule has 2 fully saturated rings. The molecule has 0 bridgehead atoms. The van der Waals surface area contributed by atoms with Gasteiger partial charge in [-0.3, -0.25) is 4.79 Å². The van der Waals surface area contributed by atoms with Gasteiger partial charge in [0.15, 0.2) is 17.2 Å². The van der Waals surface area contributed by atoms with Crippen molar-refractivity contribution in [1.82, 2.24) is 24.2 Å². The molecule has 4 heterocycles. The monoisotopic (exact) mass is 419 g/mol. The van der Waals surface area contributed by atoms with E-state index < -0.39 is 10.0 Å². The number of aromatic nitrogens is 3. The number of ether oxygens (including phenoxy) is 2. The number of likely N-dealkylation sites (tertiary alicyclic amines) is 1. The predicted molar refractivity (Wildman–Crippen MR) is 100 cm³/mol. The SMILES string of the molecule is O=C(c1cn(C2CN(S(=O)(=O)c3ccc4c(c3)OCCO4)C2)nn1)N1CCCC1. The Morgan fingerprint density at radius 1 is 1.07 bits per heavy atom. The van der Waals surface area contributed by atoms with E-state index >= 15 is 0 Å². The molecule has 154 valence electrons. The zero-order valence-corrected chi connectivity index (χ0v) is 16.5. The van der Waals surface area contributed by atoms with E-state index in [0.29, 0.717) is 30.4 Å². The molecule has 11 heteroatoms. The van der Waals surface area contributed by atoms with Crippen molar-refractivity contribution in [3.8, 4) is 11.5 Å². The molecule has 29 heavy (non-hydrogen) atoms. The van der Waals surface area contributed by atoms with Crippen molar-refractivity contribution in [1.29, 1.82) is 0 Å². The van der Waals surface area contributed by atoms with Crippen molar-refractivity contribution < 1.29 is 22.7 Å². The van der Waals surface area contributed by atoms with Crippen LogP contribution in [0.4, 0.5) is 0 Å². The third kappa shape index (κ3) is 3.23. The van der Waals surface area contributed by atoms with Crippen molar-refractivity contribution in [3.05, 3.63) is 30.1 Å². The van der Waals surface area contributed by atoms with Crippen LogP contribution < -0.4 is 9.47 Å². The largest absolute Gasteiger partial charge is 0.486 e. The summed E-state index contributed by atoms with van der Waals surface area (Å²) >= 11 is 0. The maximum Gasteiger partial charge on any atom is 0.276 e. The van der Waals surface area contributed by atoms with Gasteiger partial charge in [-0.05, 0) is 25.0 Å². The van der Waals surface area contributed by atoms with E-state index in [-0.39, 0.29) is 29.9 Å². The summed E-state index contributed by atoms with van der Waals surface area (Å²) in [7, 11) is -3.64. The lowest BCUT2D eigenvalue weighted by Crippen LogP contribution is -2.50. The average molecular weight is 419 g/mol. The van der Waals surface area contributed by atoms with E-state index in [1.54, 1.807) is 21.8 Å². The van der Waals surface area contributed by atoms with E-state index in [4.69, 9.17) is 9.47 Å². The number of carbonyl (C=O) groups excluding carboxylic acids is 1. The van der Waals surface area contributed by atoms with Gasteiger partial charge in [0.05, 0.1) is 17.1 Å². The normalized spacial score (nSPS) is 19.9. The maximum atomic E-state index is 12.9. The number of hydrogen-bond acceptors (Lipinski definition) is 7. The van der Waals surface area contributed by atoms with Crippen LogP contribution in [0.15, 0.2) is 29.3 Å². The first kappa shape index (κ1) is 18.4. The van der Waals surface area contributed by atoms with Crippen molar-refractivity contribution in [2.24, 2.45) is 0 Å². The van der Waals surface area contributed by atoms with Gasteiger partial charge in [-0.1, -0.05) is 5.21 Å². The summed E-state index contributed by atoms with van der Waals surface area (Å²) in [4.78, 5) is 14.3. The summed E-state index contributed by atoms with van der Waals surface area (Å²) < 4.78 is 39.7. The molecule has 0 N–H and O–H groups in total. The lowest BCUT2D eigenvalue weighted by Gasteiger charge is -2.37. The molecule has 2 aromatic rings. The van der Waals surface area contributed by atoms with Crippen molar-refractivity contribution in [2.75, 3.05) is 39.4 Å². The Morgan fingerprint density at radius 2 is 1.79 bits per heavy atom. The van der Waals surface area contributed by atoms with Crippen LogP contribution in [0.1, 0.15) is 29.4 Å². The predicted octanol–water partition coefficient (Wildman–Crippen LogP) is 0.531. The van der Waals surface area contributed by atoms with Crippen molar-refractivity contribution in [2.45, 2.75) is 23.8 Å². The molecule has 5 rings (SSSR count). The smallest absolute Gasteiger partial charge is 0.276 e. The number of carbonyl (C=O) groups is 1. The minimum absolute atomic E-state index is 0.117. The van der Waals surface area contributed by atoms with Gasteiger partial charge in [-0.25, -0.2) is 13.1 Å². The maximum absolute atomic E-state index is 12.9. The summed E-state index contributed by atoms with van der Waals surface area (Å²) in [6, 6.07) is 4.50. The van der Waals surface area contributed by atoms with Gasteiger partial charge in [0.1, 0.15) is 13.2 Å². The second-order valence-corrected chi connectivity index (χ2v) is 9.30. The highest BCUT2D eigenvalue weighted by molar-refractivity contribution is 7.89. The van der Waals surface area contributed by atoms with Crippen LogP contribution in [-0.2, 0) is 10.0 Å². The minimum Gasteiger partial charge on any atom is -0.486 e. The first-order valence-corrected chi connectivity index (χ1v) is 11.1. The molecule has 2 saturated heterocycles. The highest BCUT2D eigenvalue weighted by atomic mass is 32.2. The molecular formula is C18H21N5O5S. The molecule has 1 aromatic carbocycles. The third-order valence-electron chi connectivity index (χ3n) is 5.48. The Kier molecular flexibility index (Phi) is 4.43. The summed E-state index contributed by atoms with van der Waals surface area (Å²) in [6.07, 6.45) is 3.63. The number of sulfonamides is 1. The molecule has 0 spiro atoms. The quantitative estimate of drug-likeness (QED) is 0.712. The Morgan fingerprint density at radius 3 is 2.55 bits per heavy atom. The average Bonchev–Trinajstić information content (AvgIpc) is 3.38. The molecule has 1 aromatic heterocycles. The number of rotatable bonds is 4.